The molecule has 0 aromatic heterocycles. The minimum atomic E-state index is -0.396. The predicted octanol–water partition coefficient (Wildman–Crippen LogP) is 2.26. The van der Waals surface area contributed by atoms with Crippen LogP contribution in [0.4, 0.5) is 0 Å². The Kier molecular flexibility index (Phi) is 3.62. The molecule has 0 heterocycles. The topological polar surface area (TPSA) is 46.4 Å². The van der Waals surface area contributed by atoms with Crippen LogP contribution in [0.5, 0.6) is 0 Å². The molecule has 94 valence electrons. The molecule has 1 saturated carbocycles. The van der Waals surface area contributed by atoms with Crippen molar-refractivity contribution in [1.82, 2.24) is 4.90 Å². The Morgan fingerprint density at radius 3 is 2.19 bits per heavy atom. The van der Waals surface area contributed by atoms with Crippen LogP contribution in [0.2, 0.25) is 0 Å². The van der Waals surface area contributed by atoms with Gasteiger partial charge in [0, 0.05) is 10.8 Å². The van der Waals surface area contributed by atoms with Crippen molar-refractivity contribution < 1.29 is 4.92 Å². The maximum absolute atomic E-state index is 11.2. The van der Waals surface area contributed by atoms with Gasteiger partial charge in [-0.25, -0.2) is 0 Å². The van der Waals surface area contributed by atoms with Crippen LogP contribution in [-0.2, 0) is 0 Å². The highest BCUT2D eigenvalue weighted by Crippen LogP contribution is 2.52. The van der Waals surface area contributed by atoms with E-state index in [0.717, 1.165) is 6.42 Å². The second-order valence-electron chi connectivity index (χ2n) is 6.24. The van der Waals surface area contributed by atoms with Gasteiger partial charge in [0.15, 0.2) is 0 Å². The Balaban J connectivity index is 2.88. The van der Waals surface area contributed by atoms with Crippen molar-refractivity contribution in [3.05, 3.63) is 10.1 Å². The lowest BCUT2D eigenvalue weighted by molar-refractivity contribution is -0.571. The van der Waals surface area contributed by atoms with Crippen LogP contribution in [0.3, 0.4) is 0 Å². The molecule has 0 aromatic rings. The van der Waals surface area contributed by atoms with Gasteiger partial charge in [0.25, 0.3) is 0 Å². The average molecular weight is 228 g/mol. The molecule has 16 heavy (non-hydrogen) atoms. The van der Waals surface area contributed by atoms with Crippen LogP contribution >= 0.6 is 0 Å². The number of nitrogens with zero attached hydrogens (tertiary/aromatic N) is 2. The highest BCUT2D eigenvalue weighted by atomic mass is 16.6. The van der Waals surface area contributed by atoms with Crippen LogP contribution in [0, 0.1) is 27.4 Å². The summed E-state index contributed by atoms with van der Waals surface area (Å²) in [7, 11) is 3.88. The second kappa shape index (κ2) is 4.32. The highest BCUT2D eigenvalue weighted by Gasteiger charge is 2.63. The van der Waals surface area contributed by atoms with Gasteiger partial charge in [-0.05, 0) is 31.8 Å². The Morgan fingerprint density at radius 2 is 1.88 bits per heavy atom. The predicted molar refractivity (Wildman–Crippen MR) is 65.0 cm³/mol. The summed E-state index contributed by atoms with van der Waals surface area (Å²) >= 11 is 0. The molecule has 1 aliphatic carbocycles. The number of hydrogen-bond acceptors (Lipinski definition) is 3. The molecule has 0 saturated heterocycles. The Labute approximate surface area is 98.2 Å². The quantitative estimate of drug-likeness (QED) is 0.547. The first-order valence-electron chi connectivity index (χ1n) is 5.99. The Morgan fingerprint density at radius 1 is 1.38 bits per heavy atom. The zero-order valence-electron chi connectivity index (χ0n) is 11.2. The van der Waals surface area contributed by atoms with Gasteiger partial charge in [0.2, 0.25) is 6.04 Å². The molecule has 1 aliphatic rings. The van der Waals surface area contributed by atoms with Gasteiger partial charge >= 0.3 is 0 Å². The van der Waals surface area contributed by atoms with E-state index in [1.54, 1.807) is 0 Å². The first-order valence-corrected chi connectivity index (χ1v) is 5.99. The molecular formula is C12H24N2O2. The SMILES string of the molecule is CC(C)CC1C([N+](=O)[O-])C(N(C)C)C1(C)C. The maximum Gasteiger partial charge on any atom is 0.232 e. The lowest BCUT2D eigenvalue weighted by atomic mass is 9.53. The zero-order valence-corrected chi connectivity index (χ0v) is 11.2. The lowest BCUT2D eigenvalue weighted by Crippen LogP contribution is -2.69. The smallest absolute Gasteiger partial charge is 0.232 e. The molecule has 1 fully saturated rings. The van der Waals surface area contributed by atoms with Crippen LogP contribution in [0.25, 0.3) is 0 Å². The normalized spacial score (nSPS) is 32.9. The van der Waals surface area contributed by atoms with Gasteiger partial charge in [-0.3, -0.25) is 15.0 Å². The molecule has 0 amide bonds. The van der Waals surface area contributed by atoms with Crippen molar-refractivity contribution in [2.24, 2.45) is 17.3 Å². The van der Waals surface area contributed by atoms with E-state index in [9.17, 15) is 10.1 Å². The van der Waals surface area contributed by atoms with Crippen molar-refractivity contribution in [2.45, 2.75) is 46.2 Å². The summed E-state index contributed by atoms with van der Waals surface area (Å²) in [6.07, 6.45) is 0.947. The summed E-state index contributed by atoms with van der Waals surface area (Å²) in [5.74, 6) is 0.727. The number of hydrogen-bond donors (Lipinski definition) is 0. The lowest BCUT2D eigenvalue weighted by Gasteiger charge is -2.56. The molecule has 3 atom stereocenters. The van der Waals surface area contributed by atoms with Crippen LogP contribution < -0.4 is 0 Å². The van der Waals surface area contributed by atoms with Gasteiger partial charge in [0.1, 0.15) is 0 Å². The van der Waals surface area contributed by atoms with Crippen LogP contribution in [0.15, 0.2) is 0 Å². The van der Waals surface area contributed by atoms with E-state index in [-0.39, 0.29) is 22.3 Å². The van der Waals surface area contributed by atoms with E-state index in [0.29, 0.717) is 5.92 Å². The highest BCUT2D eigenvalue weighted by molar-refractivity contribution is 5.08. The first kappa shape index (κ1) is 13.4. The summed E-state index contributed by atoms with van der Waals surface area (Å²) in [5, 5.41) is 11.2. The Bertz CT molecular complexity index is 274. The van der Waals surface area contributed by atoms with E-state index in [4.69, 9.17) is 0 Å². The standard InChI is InChI=1S/C12H24N2O2/c1-8(2)7-9-10(14(15)16)11(13(5)6)12(9,3)4/h8-11H,7H2,1-6H3. The molecule has 0 spiro atoms. The van der Waals surface area contributed by atoms with Crippen LogP contribution in [-0.4, -0.2) is 36.0 Å². The van der Waals surface area contributed by atoms with Gasteiger partial charge in [-0.1, -0.05) is 27.7 Å². The number of likely N-dealkylation sites (N-methyl/N-ethyl adjacent to an activating group) is 1. The van der Waals surface area contributed by atoms with Crippen molar-refractivity contribution in [1.29, 1.82) is 0 Å². The summed E-state index contributed by atoms with van der Waals surface area (Å²) in [4.78, 5) is 13.1. The molecular weight excluding hydrogens is 204 g/mol. The van der Waals surface area contributed by atoms with Gasteiger partial charge < -0.3 is 0 Å². The van der Waals surface area contributed by atoms with E-state index in [1.807, 2.05) is 19.0 Å². The average Bonchev–Trinajstić information content (AvgIpc) is 2.08. The molecule has 0 N–H and O–H groups in total. The van der Waals surface area contributed by atoms with E-state index < -0.39 is 6.04 Å². The molecule has 4 heteroatoms. The van der Waals surface area contributed by atoms with E-state index >= 15 is 0 Å². The number of nitro groups is 1. The first-order chi connectivity index (χ1) is 7.19. The number of rotatable bonds is 4. The minimum Gasteiger partial charge on any atom is -0.300 e. The third-order valence-electron chi connectivity index (χ3n) is 3.98. The zero-order chi connectivity index (χ0) is 12.7. The molecule has 4 nitrogen and oxygen atoms in total. The van der Waals surface area contributed by atoms with E-state index in [1.165, 1.54) is 0 Å². The van der Waals surface area contributed by atoms with Gasteiger partial charge in [0.05, 0.1) is 6.04 Å². The van der Waals surface area contributed by atoms with Crippen molar-refractivity contribution >= 4 is 0 Å². The fraction of sp³-hybridized carbons (Fsp3) is 1.00. The monoisotopic (exact) mass is 228 g/mol. The molecule has 0 aromatic carbocycles. The maximum atomic E-state index is 11.2. The largest absolute Gasteiger partial charge is 0.300 e. The summed E-state index contributed by atoms with van der Waals surface area (Å²) < 4.78 is 0. The van der Waals surface area contributed by atoms with Gasteiger partial charge in [-0.2, -0.15) is 0 Å². The Hall–Kier alpha value is -0.640. The molecule has 0 bridgehead atoms. The fourth-order valence-electron chi connectivity index (χ4n) is 3.39. The molecule has 1 rings (SSSR count). The summed E-state index contributed by atoms with van der Waals surface area (Å²) in [5.41, 5.74) is 0.0471. The minimum absolute atomic E-state index is 0.0471. The van der Waals surface area contributed by atoms with Crippen molar-refractivity contribution in [2.75, 3.05) is 14.1 Å². The summed E-state index contributed by atoms with van der Waals surface area (Å²) in [6, 6.07) is -0.335. The molecule has 3 unspecified atom stereocenters. The van der Waals surface area contributed by atoms with E-state index in [2.05, 4.69) is 27.7 Å². The third kappa shape index (κ3) is 2.08. The molecule has 0 aliphatic heterocycles. The molecule has 0 radical (unpaired) electrons. The third-order valence-corrected chi connectivity index (χ3v) is 3.98. The summed E-state index contributed by atoms with van der Waals surface area (Å²) in [6.45, 7) is 8.58. The van der Waals surface area contributed by atoms with Crippen molar-refractivity contribution in [3.63, 3.8) is 0 Å². The second-order valence-corrected chi connectivity index (χ2v) is 6.24. The van der Waals surface area contributed by atoms with Crippen molar-refractivity contribution in [3.8, 4) is 0 Å². The fourth-order valence-corrected chi connectivity index (χ4v) is 3.39. The van der Waals surface area contributed by atoms with Gasteiger partial charge in [-0.15, -0.1) is 0 Å². The van der Waals surface area contributed by atoms with Crippen LogP contribution in [0.1, 0.15) is 34.1 Å².